The standard InChI is InChI=1S/C29H27IN2O5S/c1-18-24(31-28(34)37-26(30)22-6-4-3-5-7-22)25(38-32-18)21-10-8-19(9-11-21)20-12-14-23(15-13-20)29(16-36-17-29)27(33)35-2/h3-12,14-15,20,26H,13,16-17H2,1-2H3,(H,31,34)/t20?,26-/m0/s1. The number of amides is 1. The minimum Gasteiger partial charge on any atom is -0.468 e. The first-order valence-electron chi connectivity index (χ1n) is 12.2. The van der Waals surface area contributed by atoms with Crippen LogP contribution in [0.5, 0.6) is 0 Å². The van der Waals surface area contributed by atoms with E-state index in [2.05, 4.69) is 56.6 Å². The molecule has 196 valence electrons. The number of esters is 1. The Morgan fingerprint density at radius 2 is 1.89 bits per heavy atom. The summed E-state index contributed by atoms with van der Waals surface area (Å²) in [5.41, 5.74) is 4.74. The normalized spacial score (nSPS) is 18.6. The molecule has 0 spiro atoms. The maximum atomic E-state index is 12.7. The molecule has 1 aromatic heterocycles. The van der Waals surface area contributed by atoms with E-state index in [1.807, 2.05) is 55.5 Å². The fourth-order valence-electron chi connectivity index (χ4n) is 4.62. The van der Waals surface area contributed by atoms with Crippen molar-refractivity contribution in [3.05, 3.63) is 95.2 Å². The molecule has 1 unspecified atom stereocenters. The number of rotatable bonds is 7. The fourth-order valence-corrected chi connectivity index (χ4v) is 6.12. The van der Waals surface area contributed by atoms with E-state index in [9.17, 15) is 9.59 Å². The van der Waals surface area contributed by atoms with Crippen molar-refractivity contribution in [2.24, 2.45) is 5.41 Å². The molecule has 1 fully saturated rings. The van der Waals surface area contributed by atoms with Crippen molar-refractivity contribution in [3.63, 3.8) is 0 Å². The predicted molar refractivity (Wildman–Crippen MR) is 155 cm³/mol. The third-order valence-corrected chi connectivity index (χ3v) is 8.85. The van der Waals surface area contributed by atoms with Crippen molar-refractivity contribution in [3.8, 4) is 10.4 Å². The van der Waals surface area contributed by atoms with Crippen molar-refractivity contribution in [2.75, 3.05) is 25.6 Å². The summed E-state index contributed by atoms with van der Waals surface area (Å²) in [5, 5.41) is 2.89. The molecule has 0 radical (unpaired) electrons. The lowest BCUT2D eigenvalue weighted by Gasteiger charge is -2.40. The van der Waals surface area contributed by atoms with Gasteiger partial charge in [0.1, 0.15) is 5.41 Å². The fraction of sp³-hybridized carbons (Fsp3) is 0.276. The average Bonchev–Trinajstić information content (AvgIpc) is 3.28. The molecule has 2 aromatic carbocycles. The zero-order valence-corrected chi connectivity index (χ0v) is 24.0. The molecule has 1 aliphatic heterocycles. The second-order valence-corrected chi connectivity index (χ2v) is 11.2. The largest absolute Gasteiger partial charge is 0.468 e. The van der Waals surface area contributed by atoms with Crippen LogP contribution in [0.2, 0.25) is 0 Å². The number of anilines is 1. The van der Waals surface area contributed by atoms with Gasteiger partial charge >= 0.3 is 12.1 Å². The number of aryl methyl sites for hydroxylation is 1. The van der Waals surface area contributed by atoms with Gasteiger partial charge in [-0.15, -0.1) is 0 Å². The van der Waals surface area contributed by atoms with E-state index < -0.39 is 15.6 Å². The van der Waals surface area contributed by atoms with Gasteiger partial charge in [-0.05, 0) is 64.2 Å². The van der Waals surface area contributed by atoms with E-state index in [0.717, 1.165) is 33.7 Å². The second kappa shape index (κ2) is 11.4. The highest BCUT2D eigenvalue weighted by molar-refractivity contribution is 14.1. The highest BCUT2D eigenvalue weighted by Gasteiger charge is 2.49. The molecule has 2 atom stereocenters. The number of hydrogen-bond acceptors (Lipinski definition) is 7. The lowest BCUT2D eigenvalue weighted by Crippen LogP contribution is -2.51. The minimum absolute atomic E-state index is 0.206. The number of aromatic nitrogens is 1. The Balaban J connectivity index is 1.26. The number of allylic oxidation sites excluding steroid dienone is 3. The monoisotopic (exact) mass is 642 g/mol. The highest BCUT2D eigenvalue weighted by atomic mass is 127. The van der Waals surface area contributed by atoms with Crippen LogP contribution in [0, 0.1) is 12.3 Å². The smallest absolute Gasteiger partial charge is 0.413 e. The summed E-state index contributed by atoms with van der Waals surface area (Å²) >= 11 is 3.44. The van der Waals surface area contributed by atoms with Crippen molar-refractivity contribution in [2.45, 2.75) is 23.4 Å². The number of methoxy groups -OCH3 is 1. The van der Waals surface area contributed by atoms with Gasteiger partial charge in [-0.25, -0.2) is 4.79 Å². The van der Waals surface area contributed by atoms with Crippen molar-refractivity contribution >= 4 is 51.9 Å². The van der Waals surface area contributed by atoms with Gasteiger partial charge in [0.15, 0.2) is 4.11 Å². The lowest BCUT2D eigenvalue weighted by atomic mass is 9.74. The summed E-state index contributed by atoms with van der Waals surface area (Å²) in [6.07, 6.45) is 6.55. The van der Waals surface area contributed by atoms with E-state index in [4.69, 9.17) is 14.2 Å². The zero-order chi connectivity index (χ0) is 26.7. The molecule has 7 nitrogen and oxygen atoms in total. The number of benzene rings is 2. The number of hydrogen-bond donors (Lipinski definition) is 1. The molecule has 1 saturated heterocycles. The molecule has 0 saturated carbocycles. The Morgan fingerprint density at radius 3 is 2.50 bits per heavy atom. The summed E-state index contributed by atoms with van der Waals surface area (Å²) in [5.74, 6) is -0.0393. The second-order valence-electron chi connectivity index (χ2n) is 9.28. The van der Waals surface area contributed by atoms with Gasteiger partial charge in [0.2, 0.25) is 0 Å². The number of ether oxygens (including phenoxy) is 3. The molecular weight excluding hydrogens is 615 g/mol. The molecule has 2 heterocycles. The summed E-state index contributed by atoms with van der Waals surface area (Å²) < 4.78 is 20.0. The quantitative estimate of drug-likeness (QED) is 0.170. The number of nitrogens with one attached hydrogen (secondary N) is 1. The Hall–Kier alpha value is -3.02. The van der Waals surface area contributed by atoms with Crippen LogP contribution in [-0.2, 0) is 19.0 Å². The number of nitrogens with zero attached hydrogens (tertiary/aromatic N) is 1. The summed E-state index contributed by atoms with van der Waals surface area (Å²) in [4.78, 5) is 25.9. The average molecular weight is 643 g/mol. The van der Waals surface area contributed by atoms with E-state index in [0.29, 0.717) is 18.9 Å². The van der Waals surface area contributed by atoms with Crippen molar-refractivity contribution in [1.82, 2.24) is 4.37 Å². The minimum atomic E-state index is -0.674. The topological polar surface area (TPSA) is 86.8 Å². The summed E-state index contributed by atoms with van der Waals surface area (Å²) in [6.45, 7) is 2.59. The van der Waals surface area contributed by atoms with Crippen LogP contribution in [0.3, 0.4) is 0 Å². The molecule has 1 amide bonds. The van der Waals surface area contributed by atoms with E-state index in [1.54, 1.807) is 0 Å². The molecule has 0 bridgehead atoms. The van der Waals surface area contributed by atoms with Gasteiger partial charge in [-0.3, -0.25) is 10.1 Å². The van der Waals surface area contributed by atoms with Crippen LogP contribution >= 0.6 is 34.1 Å². The van der Waals surface area contributed by atoms with Crippen LogP contribution < -0.4 is 5.32 Å². The molecule has 3 aromatic rings. The number of alkyl halides is 1. The Labute approximate surface area is 239 Å². The number of halogens is 1. The van der Waals surface area contributed by atoms with Gasteiger partial charge in [0.05, 0.1) is 36.6 Å². The molecule has 5 rings (SSSR count). The Kier molecular flexibility index (Phi) is 7.96. The third-order valence-electron chi connectivity index (χ3n) is 6.89. The Morgan fingerprint density at radius 1 is 1.16 bits per heavy atom. The van der Waals surface area contributed by atoms with Crippen LogP contribution in [0.1, 0.15) is 33.3 Å². The third kappa shape index (κ3) is 5.27. The van der Waals surface area contributed by atoms with E-state index >= 15 is 0 Å². The molecular formula is C29H27IN2O5S. The first kappa shape index (κ1) is 26.6. The number of carbonyl (C=O) groups is 2. The molecule has 2 aliphatic rings. The van der Waals surface area contributed by atoms with E-state index in [-0.39, 0.29) is 11.9 Å². The van der Waals surface area contributed by atoms with Gasteiger partial charge in [-0.2, -0.15) is 4.37 Å². The van der Waals surface area contributed by atoms with Crippen LogP contribution in [-0.4, -0.2) is 36.8 Å². The lowest BCUT2D eigenvalue weighted by molar-refractivity contribution is -0.174. The van der Waals surface area contributed by atoms with Crippen LogP contribution in [0.4, 0.5) is 10.5 Å². The van der Waals surface area contributed by atoms with Gasteiger partial charge in [0.25, 0.3) is 0 Å². The summed E-state index contributed by atoms with van der Waals surface area (Å²) in [7, 11) is 1.42. The highest BCUT2D eigenvalue weighted by Crippen LogP contribution is 2.42. The van der Waals surface area contributed by atoms with Gasteiger partial charge in [0, 0.05) is 11.5 Å². The van der Waals surface area contributed by atoms with Crippen LogP contribution in [0.25, 0.3) is 10.4 Å². The summed E-state index contributed by atoms with van der Waals surface area (Å²) in [6, 6.07) is 17.9. The molecule has 1 aliphatic carbocycles. The molecule has 1 N–H and O–H groups in total. The zero-order valence-electron chi connectivity index (χ0n) is 21.0. The maximum absolute atomic E-state index is 12.7. The molecule has 38 heavy (non-hydrogen) atoms. The first-order valence-corrected chi connectivity index (χ1v) is 14.2. The number of carbonyl (C=O) groups excluding carboxylic acids is 2. The SMILES string of the molecule is COC(=O)C1(C2=CCC(c3ccc(-c4snc(C)c4NC(=O)O[C@H](I)c4ccccc4)cc3)C=C2)COC1. The van der Waals surface area contributed by atoms with Crippen molar-refractivity contribution < 1.29 is 23.8 Å². The Bertz CT molecular complexity index is 1380. The van der Waals surface area contributed by atoms with E-state index in [1.165, 1.54) is 24.2 Å². The maximum Gasteiger partial charge on any atom is 0.413 e. The molecule has 9 heteroatoms. The van der Waals surface area contributed by atoms with Gasteiger partial charge in [-0.1, -0.05) is 72.8 Å². The van der Waals surface area contributed by atoms with Crippen molar-refractivity contribution in [1.29, 1.82) is 0 Å². The predicted octanol–water partition coefficient (Wildman–Crippen LogP) is 6.96. The first-order chi connectivity index (χ1) is 18.4. The van der Waals surface area contributed by atoms with Crippen LogP contribution in [0.15, 0.2) is 78.4 Å². The van der Waals surface area contributed by atoms with Gasteiger partial charge < -0.3 is 14.2 Å².